The highest BCUT2D eigenvalue weighted by Gasteiger charge is 2.35. The van der Waals surface area contributed by atoms with Crippen LogP contribution in [-0.4, -0.2) is 58.0 Å². The first kappa shape index (κ1) is 19.1. The van der Waals surface area contributed by atoms with Gasteiger partial charge in [-0.15, -0.1) is 10.2 Å². The SMILES string of the molecule is COC1(c2ccccc2)CCN(CCn2cnnc2C)CC1.O=CO. The summed E-state index contributed by atoms with van der Waals surface area (Å²) >= 11 is 0. The number of piperidine rings is 1. The zero-order chi connectivity index (χ0) is 18.1. The van der Waals surface area contributed by atoms with E-state index in [1.54, 1.807) is 0 Å². The molecular weight excluding hydrogens is 320 g/mol. The first-order valence-corrected chi connectivity index (χ1v) is 8.40. The largest absolute Gasteiger partial charge is 0.483 e. The average molecular weight is 346 g/mol. The minimum absolute atomic E-state index is 0.121. The first-order chi connectivity index (χ1) is 12.1. The summed E-state index contributed by atoms with van der Waals surface area (Å²) in [6, 6.07) is 10.6. The molecule has 3 rings (SSSR count). The summed E-state index contributed by atoms with van der Waals surface area (Å²) in [5.74, 6) is 0.979. The highest BCUT2D eigenvalue weighted by atomic mass is 16.5. The van der Waals surface area contributed by atoms with Gasteiger partial charge in [0.05, 0.1) is 5.60 Å². The zero-order valence-electron chi connectivity index (χ0n) is 14.8. The van der Waals surface area contributed by atoms with Gasteiger partial charge in [0, 0.05) is 33.3 Å². The van der Waals surface area contributed by atoms with E-state index in [0.717, 1.165) is 44.8 Å². The predicted octanol–water partition coefficient (Wildman–Crippen LogP) is 1.93. The molecule has 0 spiro atoms. The number of nitrogens with zero attached hydrogens (tertiary/aromatic N) is 4. The summed E-state index contributed by atoms with van der Waals surface area (Å²) in [5.41, 5.74) is 1.18. The van der Waals surface area contributed by atoms with Crippen molar-refractivity contribution in [3.8, 4) is 0 Å². The van der Waals surface area contributed by atoms with Crippen molar-refractivity contribution in [1.29, 1.82) is 0 Å². The molecule has 0 amide bonds. The number of rotatable bonds is 5. The normalized spacial score (nSPS) is 16.7. The van der Waals surface area contributed by atoms with E-state index in [2.05, 4.69) is 50.0 Å². The smallest absolute Gasteiger partial charge is 0.290 e. The van der Waals surface area contributed by atoms with Gasteiger partial charge in [0.2, 0.25) is 0 Å². The van der Waals surface area contributed by atoms with Crippen LogP contribution in [0.15, 0.2) is 36.7 Å². The van der Waals surface area contributed by atoms with Crippen LogP contribution in [0.4, 0.5) is 0 Å². The molecule has 1 fully saturated rings. The van der Waals surface area contributed by atoms with E-state index in [1.807, 2.05) is 20.4 Å². The Morgan fingerprint density at radius 2 is 1.88 bits per heavy atom. The molecule has 2 aromatic rings. The van der Waals surface area contributed by atoms with E-state index in [-0.39, 0.29) is 12.1 Å². The van der Waals surface area contributed by atoms with Gasteiger partial charge in [-0.2, -0.15) is 0 Å². The Morgan fingerprint density at radius 3 is 2.40 bits per heavy atom. The number of carboxylic acid groups (broad SMARTS) is 1. The van der Waals surface area contributed by atoms with Gasteiger partial charge in [0.15, 0.2) is 0 Å². The number of ether oxygens (including phenoxy) is 1. The highest BCUT2D eigenvalue weighted by molar-refractivity contribution is 5.32. The summed E-state index contributed by atoms with van der Waals surface area (Å²) in [6.45, 7) is 5.85. The predicted molar refractivity (Wildman–Crippen MR) is 94.3 cm³/mol. The second-order valence-electron chi connectivity index (χ2n) is 6.08. The fraction of sp³-hybridized carbons (Fsp3) is 0.500. The van der Waals surface area contributed by atoms with Crippen molar-refractivity contribution in [1.82, 2.24) is 19.7 Å². The topological polar surface area (TPSA) is 80.5 Å². The maximum Gasteiger partial charge on any atom is 0.290 e. The van der Waals surface area contributed by atoms with Crippen LogP contribution in [0.3, 0.4) is 0 Å². The van der Waals surface area contributed by atoms with Crippen molar-refractivity contribution in [3.05, 3.63) is 48.0 Å². The Kier molecular flexibility index (Phi) is 7.09. The molecule has 0 atom stereocenters. The Balaban J connectivity index is 0.000000701. The lowest BCUT2D eigenvalue weighted by atomic mass is 9.84. The molecule has 1 aromatic heterocycles. The van der Waals surface area contributed by atoms with Crippen LogP contribution < -0.4 is 0 Å². The standard InChI is InChI=1S/C17H24N4O.CH2O2/c1-15-19-18-14-21(15)13-12-20-10-8-17(22-2,9-11-20)16-6-4-3-5-7-16;2-1-3/h3-7,14H,8-13H2,1-2H3;1H,(H,2,3). The quantitative estimate of drug-likeness (QED) is 0.833. The third-order valence-electron chi connectivity index (χ3n) is 4.82. The Labute approximate surface area is 148 Å². The van der Waals surface area contributed by atoms with Gasteiger partial charge < -0.3 is 19.3 Å². The van der Waals surface area contributed by atoms with Gasteiger partial charge >= 0.3 is 0 Å². The van der Waals surface area contributed by atoms with Crippen LogP contribution >= 0.6 is 0 Å². The van der Waals surface area contributed by atoms with Crippen molar-refractivity contribution in [2.75, 3.05) is 26.7 Å². The van der Waals surface area contributed by atoms with Crippen LogP contribution in [-0.2, 0) is 21.7 Å². The lowest BCUT2D eigenvalue weighted by Crippen LogP contribution is -2.44. The molecule has 0 saturated carbocycles. The maximum absolute atomic E-state index is 8.36. The van der Waals surface area contributed by atoms with Crippen molar-refractivity contribution in [3.63, 3.8) is 0 Å². The number of aryl methyl sites for hydroxylation is 1. The fourth-order valence-electron chi connectivity index (χ4n) is 3.27. The molecule has 1 aliphatic heterocycles. The van der Waals surface area contributed by atoms with Gasteiger partial charge in [-0.1, -0.05) is 30.3 Å². The molecule has 1 N–H and O–H groups in total. The number of carbonyl (C=O) groups is 1. The number of hydrogen-bond donors (Lipinski definition) is 1. The summed E-state index contributed by atoms with van der Waals surface area (Å²) in [5, 5.41) is 14.9. The molecule has 7 nitrogen and oxygen atoms in total. The fourth-order valence-corrected chi connectivity index (χ4v) is 3.27. The summed E-state index contributed by atoms with van der Waals surface area (Å²) in [4.78, 5) is 10.9. The zero-order valence-corrected chi connectivity index (χ0v) is 14.8. The molecule has 2 heterocycles. The number of methoxy groups -OCH3 is 1. The van der Waals surface area contributed by atoms with Gasteiger partial charge in [-0.3, -0.25) is 4.79 Å². The van der Waals surface area contributed by atoms with Gasteiger partial charge in [-0.05, 0) is 25.3 Å². The van der Waals surface area contributed by atoms with Crippen LogP contribution in [0.5, 0.6) is 0 Å². The molecule has 0 radical (unpaired) electrons. The molecule has 1 saturated heterocycles. The number of aromatic nitrogens is 3. The third kappa shape index (κ3) is 4.87. The van der Waals surface area contributed by atoms with Crippen LogP contribution in [0.1, 0.15) is 24.2 Å². The van der Waals surface area contributed by atoms with E-state index in [4.69, 9.17) is 14.6 Å². The molecular formula is C18H26N4O3. The first-order valence-electron chi connectivity index (χ1n) is 8.40. The van der Waals surface area contributed by atoms with Crippen LogP contribution in [0.2, 0.25) is 0 Å². The number of benzene rings is 1. The summed E-state index contributed by atoms with van der Waals surface area (Å²) in [6.07, 6.45) is 3.88. The molecule has 136 valence electrons. The minimum Gasteiger partial charge on any atom is -0.483 e. The molecule has 1 aromatic carbocycles. The second-order valence-corrected chi connectivity index (χ2v) is 6.08. The highest BCUT2D eigenvalue weighted by Crippen LogP contribution is 2.35. The van der Waals surface area contributed by atoms with E-state index >= 15 is 0 Å². The average Bonchev–Trinajstić information content (AvgIpc) is 3.07. The monoisotopic (exact) mass is 346 g/mol. The lowest BCUT2D eigenvalue weighted by molar-refractivity contribution is -0.122. The van der Waals surface area contributed by atoms with E-state index < -0.39 is 0 Å². The van der Waals surface area contributed by atoms with E-state index in [1.165, 1.54) is 5.56 Å². The van der Waals surface area contributed by atoms with Gasteiger partial charge in [0.25, 0.3) is 6.47 Å². The molecule has 1 aliphatic rings. The Bertz CT molecular complexity index is 637. The van der Waals surface area contributed by atoms with E-state index in [9.17, 15) is 0 Å². The number of likely N-dealkylation sites (tertiary alicyclic amines) is 1. The van der Waals surface area contributed by atoms with Crippen molar-refractivity contribution in [2.24, 2.45) is 0 Å². The third-order valence-corrected chi connectivity index (χ3v) is 4.82. The van der Waals surface area contributed by atoms with Crippen molar-refractivity contribution >= 4 is 6.47 Å². The summed E-state index contributed by atoms with van der Waals surface area (Å²) < 4.78 is 8.04. The second kappa shape index (κ2) is 9.29. The van der Waals surface area contributed by atoms with Crippen LogP contribution in [0, 0.1) is 6.92 Å². The Hall–Kier alpha value is -2.25. The van der Waals surface area contributed by atoms with Crippen LogP contribution in [0.25, 0.3) is 0 Å². The van der Waals surface area contributed by atoms with Gasteiger partial charge in [0.1, 0.15) is 12.2 Å². The molecule has 25 heavy (non-hydrogen) atoms. The van der Waals surface area contributed by atoms with Crippen molar-refractivity contribution in [2.45, 2.75) is 31.9 Å². The molecule has 0 unspecified atom stereocenters. The molecule has 0 bridgehead atoms. The molecule has 0 aliphatic carbocycles. The number of hydrogen-bond acceptors (Lipinski definition) is 5. The minimum atomic E-state index is -0.250. The summed E-state index contributed by atoms with van der Waals surface area (Å²) in [7, 11) is 1.84. The maximum atomic E-state index is 8.36. The lowest BCUT2D eigenvalue weighted by Gasteiger charge is -2.41. The van der Waals surface area contributed by atoms with Gasteiger partial charge in [-0.25, -0.2) is 0 Å². The van der Waals surface area contributed by atoms with Crippen molar-refractivity contribution < 1.29 is 14.6 Å². The Morgan fingerprint density at radius 1 is 1.24 bits per heavy atom. The molecule has 7 heteroatoms. The van der Waals surface area contributed by atoms with E-state index in [0.29, 0.717) is 0 Å².